The monoisotopic (exact) mass is 283 g/mol. The van der Waals surface area contributed by atoms with Crippen molar-refractivity contribution in [2.75, 3.05) is 34.7 Å². The van der Waals surface area contributed by atoms with E-state index in [0.717, 1.165) is 12.8 Å². The van der Waals surface area contributed by atoms with Crippen molar-refractivity contribution < 1.29 is 9.59 Å². The maximum Gasteiger partial charge on any atom is 0.239 e. The Morgan fingerprint density at radius 2 is 1.60 bits per heavy atom. The maximum atomic E-state index is 12.5. The Morgan fingerprint density at radius 1 is 1.05 bits per heavy atom. The summed E-state index contributed by atoms with van der Waals surface area (Å²) in [5.41, 5.74) is 0. The molecule has 0 saturated heterocycles. The molecule has 0 aromatic rings. The predicted molar refractivity (Wildman–Crippen MR) is 80.4 cm³/mol. The SMILES string of the molecule is CC(C(=O)N(C)C1CCCCC1)N(C)CC(=O)N(C)C. The molecule has 1 unspecified atom stereocenters. The van der Waals surface area contributed by atoms with Crippen molar-refractivity contribution in [3.8, 4) is 0 Å². The normalized spacial score (nSPS) is 17.9. The van der Waals surface area contributed by atoms with Crippen LogP contribution in [0.5, 0.6) is 0 Å². The van der Waals surface area contributed by atoms with Crippen LogP contribution in [0.4, 0.5) is 0 Å². The first-order valence-corrected chi connectivity index (χ1v) is 7.51. The molecule has 0 heterocycles. The summed E-state index contributed by atoms with van der Waals surface area (Å²) >= 11 is 0. The zero-order chi connectivity index (χ0) is 15.3. The lowest BCUT2D eigenvalue weighted by molar-refractivity contribution is -0.139. The zero-order valence-electron chi connectivity index (χ0n) is 13.6. The fraction of sp³-hybridized carbons (Fsp3) is 0.867. The van der Waals surface area contributed by atoms with E-state index in [0.29, 0.717) is 6.04 Å². The third kappa shape index (κ3) is 4.47. The van der Waals surface area contributed by atoms with Gasteiger partial charge in [-0.2, -0.15) is 0 Å². The summed E-state index contributed by atoms with van der Waals surface area (Å²) < 4.78 is 0. The van der Waals surface area contributed by atoms with Gasteiger partial charge in [0.1, 0.15) is 0 Å². The van der Waals surface area contributed by atoms with Crippen LogP contribution in [0, 0.1) is 0 Å². The fourth-order valence-corrected chi connectivity index (χ4v) is 2.62. The van der Waals surface area contributed by atoms with Gasteiger partial charge in [0.2, 0.25) is 11.8 Å². The number of hydrogen-bond donors (Lipinski definition) is 0. The van der Waals surface area contributed by atoms with E-state index in [9.17, 15) is 9.59 Å². The maximum absolute atomic E-state index is 12.5. The standard InChI is InChI=1S/C15H29N3O2/c1-12(17(4)11-14(19)16(2)3)15(20)18(5)13-9-7-6-8-10-13/h12-13H,6-11H2,1-5H3. The number of rotatable bonds is 5. The largest absolute Gasteiger partial charge is 0.348 e. The molecule has 20 heavy (non-hydrogen) atoms. The van der Waals surface area contributed by atoms with Crippen molar-refractivity contribution in [1.82, 2.24) is 14.7 Å². The summed E-state index contributed by atoms with van der Waals surface area (Å²) in [6, 6.07) is 0.113. The van der Waals surface area contributed by atoms with Gasteiger partial charge in [-0.3, -0.25) is 14.5 Å². The number of nitrogens with zero attached hydrogens (tertiary/aromatic N) is 3. The van der Waals surface area contributed by atoms with Crippen LogP contribution in [0.2, 0.25) is 0 Å². The van der Waals surface area contributed by atoms with Gasteiger partial charge in [0.25, 0.3) is 0 Å². The zero-order valence-corrected chi connectivity index (χ0v) is 13.6. The van der Waals surface area contributed by atoms with E-state index in [1.165, 1.54) is 19.3 Å². The molecule has 1 fully saturated rings. The van der Waals surface area contributed by atoms with Crippen molar-refractivity contribution in [2.24, 2.45) is 0 Å². The van der Waals surface area contributed by atoms with E-state index in [-0.39, 0.29) is 24.4 Å². The summed E-state index contributed by atoms with van der Waals surface area (Å²) in [6.45, 7) is 2.16. The van der Waals surface area contributed by atoms with Gasteiger partial charge >= 0.3 is 0 Å². The summed E-state index contributed by atoms with van der Waals surface area (Å²) in [5.74, 6) is 0.137. The molecule has 0 bridgehead atoms. The molecule has 0 aromatic carbocycles. The average molecular weight is 283 g/mol. The number of carbonyl (C=O) groups is 2. The molecular weight excluding hydrogens is 254 g/mol. The Hall–Kier alpha value is -1.10. The summed E-state index contributed by atoms with van der Waals surface area (Å²) in [4.78, 5) is 29.5. The molecule has 1 atom stereocenters. The second-order valence-electron chi connectivity index (χ2n) is 6.12. The van der Waals surface area contributed by atoms with E-state index >= 15 is 0 Å². The molecule has 0 N–H and O–H groups in total. The van der Waals surface area contributed by atoms with Gasteiger partial charge in [0.05, 0.1) is 12.6 Å². The van der Waals surface area contributed by atoms with Gasteiger partial charge in [-0.05, 0) is 26.8 Å². The third-order valence-corrected chi connectivity index (χ3v) is 4.37. The molecule has 0 aliphatic heterocycles. The predicted octanol–water partition coefficient (Wildman–Crippen LogP) is 1.19. The van der Waals surface area contributed by atoms with Gasteiger partial charge in [-0.25, -0.2) is 0 Å². The van der Waals surface area contributed by atoms with Gasteiger partial charge in [-0.15, -0.1) is 0 Å². The number of likely N-dealkylation sites (N-methyl/N-ethyl adjacent to an activating group) is 3. The Bertz CT molecular complexity index is 338. The Labute approximate surface area is 122 Å². The summed E-state index contributed by atoms with van der Waals surface area (Å²) in [6.07, 6.45) is 5.92. The molecule has 5 heteroatoms. The summed E-state index contributed by atoms with van der Waals surface area (Å²) in [7, 11) is 7.20. The van der Waals surface area contributed by atoms with Crippen LogP contribution in [-0.4, -0.2) is 73.3 Å². The Balaban J connectivity index is 2.53. The topological polar surface area (TPSA) is 43.9 Å². The minimum absolute atomic E-state index is 0.0208. The van der Waals surface area contributed by atoms with Gasteiger partial charge in [0, 0.05) is 27.2 Å². The number of amides is 2. The molecule has 0 radical (unpaired) electrons. The molecule has 5 nitrogen and oxygen atoms in total. The first kappa shape index (κ1) is 17.0. The lowest BCUT2D eigenvalue weighted by atomic mass is 9.94. The molecule has 116 valence electrons. The van der Waals surface area contributed by atoms with Crippen molar-refractivity contribution in [2.45, 2.75) is 51.1 Å². The molecule has 1 aliphatic rings. The molecule has 0 aromatic heterocycles. The van der Waals surface area contributed by atoms with Gasteiger partial charge in [-0.1, -0.05) is 19.3 Å². The van der Waals surface area contributed by atoms with Crippen LogP contribution in [0.1, 0.15) is 39.0 Å². The highest BCUT2D eigenvalue weighted by atomic mass is 16.2. The molecule has 0 spiro atoms. The highest BCUT2D eigenvalue weighted by Gasteiger charge is 2.28. The van der Waals surface area contributed by atoms with E-state index < -0.39 is 0 Å². The third-order valence-electron chi connectivity index (χ3n) is 4.37. The molecule has 1 saturated carbocycles. The Kier molecular flexibility index (Phi) is 6.46. The van der Waals surface area contributed by atoms with Crippen LogP contribution in [-0.2, 0) is 9.59 Å². The van der Waals surface area contributed by atoms with E-state index in [4.69, 9.17) is 0 Å². The average Bonchev–Trinajstić information content (AvgIpc) is 2.45. The van der Waals surface area contributed by atoms with Crippen molar-refractivity contribution in [1.29, 1.82) is 0 Å². The first-order valence-electron chi connectivity index (χ1n) is 7.51. The number of carbonyl (C=O) groups excluding carboxylic acids is 2. The molecule has 1 rings (SSSR count). The van der Waals surface area contributed by atoms with Gasteiger partial charge in [0.15, 0.2) is 0 Å². The van der Waals surface area contributed by atoms with Gasteiger partial charge < -0.3 is 9.80 Å². The van der Waals surface area contributed by atoms with E-state index in [1.54, 1.807) is 19.0 Å². The smallest absolute Gasteiger partial charge is 0.239 e. The lowest BCUT2D eigenvalue weighted by Crippen LogP contribution is -2.50. The molecule has 1 aliphatic carbocycles. The lowest BCUT2D eigenvalue weighted by Gasteiger charge is -2.35. The van der Waals surface area contributed by atoms with Crippen LogP contribution in [0.3, 0.4) is 0 Å². The van der Waals surface area contributed by atoms with E-state index in [2.05, 4.69) is 0 Å². The van der Waals surface area contributed by atoms with Crippen molar-refractivity contribution in [3.05, 3.63) is 0 Å². The van der Waals surface area contributed by atoms with Crippen LogP contribution in [0.25, 0.3) is 0 Å². The highest BCUT2D eigenvalue weighted by molar-refractivity contribution is 5.83. The van der Waals surface area contributed by atoms with Crippen LogP contribution in [0.15, 0.2) is 0 Å². The van der Waals surface area contributed by atoms with E-state index in [1.807, 2.05) is 30.8 Å². The minimum Gasteiger partial charge on any atom is -0.348 e. The first-order chi connectivity index (χ1) is 9.34. The van der Waals surface area contributed by atoms with Crippen molar-refractivity contribution >= 4 is 11.8 Å². The van der Waals surface area contributed by atoms with Crippen LogP contribution < -0.4 is 0 Å². The second-order valence-corrected chi connectivity index (χ2v) is 6.12. The quantitative estimate of drug-likeness (QED) is 0.761. The fourth-order valence-electron chi connectivity index (χ4n) is 2.62. The second kappa shape index (κ2) is 7.62. The molecular formula is C15H29N3O2. The minimum atomic E-state index is -0.258. The van der Waals surface area contributed by atoms with Crippen LogP contribution >= 0.6 is 0 Å². The number of hydrogen-bond acceptors (Lipinski definition) is 3. The van der Waals surface area contributed by atoms with Crippen molar-refractivity contribution in [3.63, 3.8) is 0 Å². The summed E-state index contributed by atoms with van der Waals surface area (Å²) in [5, 5.41) is 0. The Morgan fingerprint density at radius 3 is 2.10 bits per heavy atom. The highest BCUT2D eigenvalue weighted by Crippen LogP contribution is 2.22. The molecule has 2 amide bonds.